The molecular formula is C7H14N2O3S. The van der Waals surface area contributed by atoms with Gasteiger partial charge in [0.15, 0.2) is 0 Å². The standard InChI is InChI=1S/C7H14N2O3S/c1-3-4-9-6-5-8(2)7(9)13(10,11)12/h5-7H,3-4H2,1-2H3,(H,10,11,12). The minimum absolute atomic E-state index is 0.616. The van der Waals surface area contributed by atoms with Crippen LogP contribution in [0.2, 0.25) is 0 Å². The molecule has 0 aromatic heterocycles. The van der Waals surface area contributed by atoms with Crippen molar-refractivity contribution in [2.45, 2.75) is 18.8 Å². The third-order valence-corrected chi connectivity index (χ3v) is 3.01. The Morgan fingerprint density at radius 2 is 2.08 bits per heavy atom. The van der Waals surface area contributed by atoms with Crippen molar-refractivity contribution in [1.29, 1.82) is 0 Å². The highest BCUT2D eigenvalue weighted by atomic mass is 32.2. The van der Waals surface area contributed by atoms with Crippen molar-refractivity contribution >= 4 is 10.1 Å². The van der Waals surface area contributed by atoms with Crippen LogP contribution in [0, 0.1) is 0 Å². The zero-order valence-electron chi connectivity index (χ0n) is 7.71. The fraction of sp³-hybridized carbons (Fsp3) is 0.714. The lowest BCUT2D eigenvalue weighted by Gasteiger charge is -2.26. The second kappa shape index (κ2) is 3.55. The second-order valence-corrected chi connectivity index (χ2v) is 4.49. The van der Waals surface area contributed by atoms with Gasteiger partial charge in [-0.05, 0) is 6.42 Å². The van der Waals surface area contributed by atoms with E-state index in [0.29, 0.717) is 6.54 Å². The van der Waals surface area contributed by atoms with Crippen molar-refractivity contribution in [2.75, 3.05) is 13.6 Å². The number of hydrogen-bond acceptors (Lipinski definition) is 4. The topological polar surface area (TPSA) is 60.9 Å². The van der Waals surface area contributed by atoms with Gasteiger partial charge in [-0.15, -0.1) is 0 Å². The summed E-state index contributed by atoms with van der Waals surface area (Å²) in [5, 5.41) is 0. The number of nitrogens with zero attached hydrogens (tertiary/aromatic N) is 2. The van der Waals surface area contributed by atoms with Crippen LogP contribution >= 0.6 is 0 Å². The summed E-state index contributed by atoms with van der Waals surface area (Å²) < 4.78 is 30.9. The van der Waals surface area contributed by atoms with E-state index in [2.05, 4.69) is 0 Å². The van der Waals surface area contributed by atoms with Crippen molar-refractivity contribution in [3.63, 3.8) is 0 Å². The highest BCUT2D eigenvalue weighted by molar-refractivity contribution is 7.86. The molecule has 1 unspecified atom stereocenters. The third kappa shape index (κ3) is 2.13. The molecule has 0 saturated carbocycles. The first-order valence-electron chi connectivity index (χ1n) is 4.09. The van der Waals surface area contributed by atoms with E-state index in [1.165, 1.54) is 4.90 Å². The average Bonchev–Trinajstić information content (AvgIpc) is 2.31. The second-order valence-electron chi connectivity index (χ2n) is 3.04. The minimum Gasteiger partial charge on any atom is -0.345 e. The summed E-state index contributed by atoms with van der Waals surface area (Å²) in [5.74, 6) is 0. The van der Waals surface area contributed by atoms with Gasteiger partial charge >= 0.3 is 10.1 Å². The first kappa shape index (κ1) is 10.3. The molecule has 5 nitrogen and oxygen atoms in total. The van der Waals surface area contributed by atoms with Gasteiger partial charge in [-0.25, -0.2) is 0 Å². The van der Waals surface area contributed by atoms with E-state index < -0.39 is 15.6 Å². The fourth-order valence-electron chi connectivity index (χ4n) is 1.40. The molecule has 0 amide bonds. The molecule has 1 atom stereocenters. The van der Waals surface area contributed by atoms with Crippen LogP contribution in [0.3, 0.4) is 0 Å². The zero-order chi connectivity index (χ0) is 10.1. The Hall–Kier alpha value is -0.750. The predicted molar refractivity (Wildman–Crippen MR) is 49.2 cm³/mol. The monoisotopic (exact) mass is 206 g/mol. The van der Waals surface area contributed by atoms with Crippen LogP contribution in [0.1, 0.15) is 13.3 Å². The molecule has 0 spiro atoms. The first-order valence-corrected chi connectivity index (χ1v) is 5.59. The maximum atomic E-state index is 11.0. The Labute approximate surface area is 78.4 Å². The molecule has 1 aliphatic heterocycles. The van der Waals surface area contributed by atoms with E-state index in [1.54, 1.807) is 24.3 Å². The summed E-state index contributed by atoms with van der Waals surface area (Å²) in [6.45, 7) is 2.57. The summed E-state index contributed by atoms with van der Waals surface area (Å²) in [4.78, 5) is 3.06. The lowest BCUT2D eigenvalue weighted by molar-refractivity contribution is 0.234. The summed E-state index contributed by atoms with van der Waals surface area (Å²) in [5.41, 5.74) is -0.951. The molecule has 1 rings (SSSR count). The zero-order valence-corrected chi connectivity index (χ0v) is 8.53. The SMILES string of the molecule is CCCN1C=CN(C)C1S(=O)(=O)O. The van der Waals surface area contributed by atoms with E-state index in [-0.39, 0.29) is 0 Å². The average molecular weight is 206 g/mol. The van der Waals surface area contributed by atoms with Crippen LogP contribution in [-0.4, -0.2) is 41.9 Å². The maximum absolute atomic E-state index is 11.0. The Morgan fingerprint density at radius 1 is 1.46 bits per heavy atom. The van der Waals surface area contributed by atoms with E-state index in [0.717, 1.165) is 6.42 Å². The van der Waals surface area contributed by atoms with Crippen molar-refractivity contribution in [3.05, 3.63) is 12.4 Å². The van der Waals surface area contributed by atoms with Crippen LogP contribution in [-0.2, 0) is 10.1 Å². The summed E-state index contributed by atoms with van der Waals surface area (Å²) in [6, 6.07) is 0. The van der Waals surface area contributed by atoms with Gasteiger partial charge in [-0.3, -0.25) is 4.55 Å². The molecule has 0 saturated heterocycles. The van der Waals surface area contributed by atoms with Crippen LogP contribution in [0.5, 0.6) is 0 Å². The maximum Gasteiger partial charge on any atom is 0.306 e. The van der Waals surface area contributed by atoms with Gasteiger partial charge in [0.2, 0.25) is 5.50 Å². The molecule has 0 bridgehead atoms. The summed E-state index contributed by atoms with van der Waals surface area (Å²) in [7, 11) is -2.42. The molecule has 0 aromatic rings. The van der Waals surface area contributed by atoms with E-state index in [4.69, 9.17) is 4.55 Å². The smallest absolute Gasteiger partial charge is 0.306 e. The highest BCUT2D eigenvalue weighted by Gasteiger charge is 2.33. The predicted octanol–water partition coefficient (Wildman–Crippen LogP) is 0.286. The van der Waals surface area contributed by atoms with E-state index in [9.17, 15) is 8.42 Å². The van der Waals surface area contributed by atoms with Gasteiger partial charge < -0.3 is 9.80 Å². The normalized spacial score (nSPS) is 22.8. The molecule has 0 radical (unpaired) electrons. The molecule has 13 heavy (non-hydrogen) atoms. The summed E-state index contributed by atoms with van der Waals surface area (Å²) >= 11 is 0. The Bertz CT molecular complexity index is 299. The molecule has 1 N–H and O–H groups in total. The Morgan fingerprint density at radius 3 is 2.54 bits per heavy atom. The van der Waals surface area contributed by atoms with Gasteiger partial charge in [0.25, 0.3) is 0 Å². The van der Waals surface area contributed by atoms with Gasteiger partial charge in [0.05, 0.1) is 0 Å². The van der Waals surface area contributed by atoms with Crippen molar-refractivity contribution in [3.8, 4) is 0 Å². The summed E-state index contributed by atoms with van der Waals surface area (Å²) in [6.07, 6.45) is 4.14. The van der Waals surface area contributed by atoms with Gasteiger partial charge in [-0.2, -0.15) is 8.42 Å². The first-order chi connectivity index (χ1) is 5.96. The van der Waals surface area contributed by atoms with Crippen LogP contribution in [0.25, 0.3) is 0 Å². The van der Waals surface area contributed by atoms with E-state index >= 15 is 0 Å². The Balaban J connectivity index is 2.82. The van der Waals surface area contributed by atoms with Crippen molar-refractivity contribution in [1.82, 2.24) is 9.80 Å². The molecule has 6 heteroatoms. The molecule has 1 heterocycles. The van der Waals surface area contributed by atoms with Crippen molar-refractivity contribution in [2.24, 2.45) is 0 Å². The third-order valence-electron chi connectivity index (χ3n) is 1.87. The minimum atomic E-state index is -4.03. The lowest BCUT2D eigenvalue weighted by Crippen LogP contribution is -2.43. The van der Waals surface area contributed by atoms with Gasteiger partial charge in [0, 0.05) is 26.0 Å². The number of hydrogen-bond donors (Lipinski definition) is 1. The molecule has 0 aliphatic carbocycles. The lowest BCUT2D eigenvalue weighted by atomic mass is 10.4. The molecular weight excluding hydrogens is 192 g/mol. The van der Waals surface area contributed by atoms with Crippen LogP contribution in [0.4, 0.5) is 0 Å². The molecule has 0 fully saturated rings. The molecule has 1 aliphatic rings. The molecule has 76 valence electrons. The molecule has 0 aromatic carbocycles. The number of rotatable bonds is 3. The fourth-order valence-corrected chi connectivity index (χ4v) is 2.40. The Kier molecular flexibility index (Phi) is 2.82. The highest BCUT2D eigenvalue weighted by Crippen LogP contribution is 2.18. The van der Waals surface area contributed by atoms with Gasteiger partial charge in [-0.1, -0.05) is 6.92 Å². The quantitative estimate of drug-likeness (QED) is 0.672. The van der Waals surface area contributed by atoms with Crippen LogP contribution in [0.15, 0.2) is 12.4 Å². The largest absolute Gasteiger partial charge is 0.345 e. The van der Waals surface area contributed by atoms with E-state index in [1.807, 2.05) is 6.92 Å². The van der Waals surface area contributed by atoms with Crippen molar-refractivity contribution < 1.29 is 13.0 Å². The van der Waals surface area contributed by atoms with Crippen LogP contribution < -0.4 is 0 Å². The van der Waals surface area contributed by atoms with Gasteiger partial charge in [0.1, 0.15) is 0 Å².